The molecule has 1 fully saturated rings. The lowest BCUT2D eigenvalue weighted by Crippen LogP contribution is -2.34. The van der Waals surface area contributed by atoms with Crippen LogP contribution in [0.15, 0.2) is 24.3 Å². The summed E-state index contributed by atoms with van der Waals surface area (Å²) in [6.45, 7) is 2.95. The monoisotopic (exact) mass is 320 g/mol. The van der Waals surface area contributed by atoms with Crippen molar-refractivity contribution in [3.63, 3.8) is 0 Å². The lowest BCUT2D eigenvalue weighted by Gasteiger charge is -2.20. The van der Waals surface area contributed by atoms with E-state index in [9.17, 15) is 13.2 Å². The van der Waals surface area contributed by atoms with Crippen LogP contribution in [0, 0.1) is 5.92 Å². The third-order valence-corrected chi connectivity index (χ3v) is 4.20. The Labute approximate surface area is 128 Å². The Bertz CT molecular complexity index is 464. The van der Waals surface area contributed by atoms with Gasteiger partial charge in [-0.05, 0) is 44.0 Å². The molecule has 1 aliphatic heterocycles. The Morgan fingerprint density at radius 1 is 1.38 bits per heavy atom. The summed E-state index contributed by atoms with van der Waals surface area (Å²) in [6.07, 6.45) is -3.30. The van der Waals surface area contributed by atoms with Crippen LogP contribution in [0.4, 0.5) is 13.2 Å². The van der Waals surface area contributed by atoms with E-state index in [1.54, 1.807) is 0 Å². The molecule has 2 rings (SSSR count). The van der Waals surface area contributed by atoms with Gasteiger partial charge in [0.25, 0.3) is 0 Å². The van der Waals surface area contributed by atoms with Crippen molar-refractivity contribution in [1.82, 2.24) is 10.2 Å². The first-order valence-corrected chi connectivity index (χ1v) is 7.50. The standard InChI is InChI=1S/C15H20ClF3N2/c1-11(13-4-2-3-5-14(13)16)20-8-12-6-7-21(9-12)10-15(17,18)19/h2-5,11-12,20H,6-10H2,1H3. The number of halogens is 4. The van der Waals surface area contributed by atoms with Crippen LogP contribution in [0.3, 0.4) is 0 Å². The molecular formula is C15H20ClF3N2. The molecule has 118 valence electrons. The molecule has 2 nitrogen and oxygen atoms in total. The number of hydrogen-bond donors (Lipinski definition) is 1. The maximum Gasteiger partial charge on any atom is 0.401 e. The van der Waals surface area contributed by atoms with Crippen LogP contribution in [0.5, 0.6) is 0 Å². The lowest BCUT2D eigenvalue weighted by molar-refractivity contribution is -0.143. The summed E-state index contributed by atoms with van der Waals surface area (Å²) in [4.78, 5) is 1.48. The fourth-order valence-corrected chi connectivity index (χ4v) is 3.06. The average molecular weight is 321 g/mol. The number of alkyl halides is 3. The van der Waals surface area contributed by atoms with Crippen LogP contribution in [0.2, 0.25) is 5.02 Å². The molecule has 1 N–H and O–H groups in total. The molecule has 0 aromatic heterocycles. The topological polar surface area (TPSA) is 15.3 Å². The molecule has 1 aliphatic rings. The zero-order valence-corrected chi connectivity index (χ0v) is 12.7. The molecule has 0 amide bonds. The molecule has 1 saturated heterocycles. The average Bonchev–Trinajstić information content (AvgIpc) is 2.82. The number of likely N-dealkylation sites (tertiary alicyclic amines) is 1. The highest BCUT2D eigenvalue weighted by atomic mass is 35.5. The minimum Gasteiger partial charge on any atom is -0.310 e. The summed E-state index contributed by atoms with van der Waals surface area (Å²) in [5.41, 5.74) is 1.02. The van der Waals surface area contributed by atoms with E-state index < -0.39 is 12.7 Å². The van der Waals surface area contributed by atoms with Crippen molar-refractivity contribution in [1.29, 1.82) is 0 Å². The van der Waals surface area contributed by atoms with Gasteiger partial charge in [0, 0.05) is 17.6 Å². The van der Waals surface area contributed by atoms with Gasteiger partial charge in [-0.1, -0.05) is 29.8 Å². The molecule has 2 unspecified atom stereocenters. The minimum absolute atomic E-state index is 0.0929. The molecule has 21 heavy (non-hydrogen) atoms. The van der Waals surface area contributed by atoms with Gasteiger partial charge in [-0.15, -0.1) is 0 Å². The smallest absolute Gasteiger partial charge is 0.310 e. The highest BCUT2D eigenvalue weighted by Crippen LogP contribution is 2.25. The van der Waals surface area contributed by atoms with Crippen LogP contribution in [-0.2, 0) is 0 Å². The number of benzene rings is 1. The first kappa shape index (κ1) is 16.6. The zero-order chi connectivity index (χ0) is 15.5. The second-order valence-corrected chi connectivity index (χ2v) is 6.06. The van der Waals surface area contributed by atoms with Gasteiger partial charge < -0.3 is 5.32 Å². The second kappa shape index (κ2) is 6.99. The fourth-order valence-electron chi connectivity index (χ4n) is 2.76. The molecule has 1 aromatic carbocycles. The quantitative estimate of drug-likeness (QED) is 0.886. The summed E-state index contributed by atoms with van der Waals surface area (Å²) < 4.78 is 37.0. The second-order valence-electron chi connectivity index (χ2n) is 5.66. The molecule has 1 heterocycles. The third kappa shape index (κ3) is 5.16. The Hall–Kier alpha value is -0.780. The molecule has 1 aromatic rings. The van der Waals surface area contributed by atoms with Gasteiger partial charge in [0.1, 0.15) is 0 Å². The van der Waals surface area contributed by atoms with Crippen molar-refractivity contribution in [2.45, 2.75) is 25.6 Å². The summed E-state index contributed by atoms with van der Waals surface area (Å²) in [6, 6.07) is 7.71. The van der Waals surface area contributed by atoms with Crippen molar-refractivity contribution < 1.29 is 13.2 Å². The van der Waals surface area contributed by atoms with Crippen LogP contribution in [-0.4, -0.2) is 37.3 Å². The van der Waals surface area contributed by atoms with E-state index in [-0.39, 0.29) is 12.0 Å². The number of nitrogens with one attached hydrogen (secondary N) is 1. The summed E-state index contributed by atoms with van der Waals surface area (Å²) in [5, 5.41) is 4.08. The van der Waals surface area contributed by atoms with Crippen molar-refractivity contribution in [3.05, 3.63) is 34.9 Å². The molecule has 0 saturated carbocycles. The molecule has 6 heteroatoms. The fraction of sp³-hybridized carbons (Fsp3) is 0.600. The molecule has 0 spiro atoms. The largest absolute Gasteiger partial charge is 0.401 e. The van der Waals surface area contributed by atoms with Gasteiger partial charge in [-0.2, -0.15) is 13.2 Å². The maximum absolute atomic E-state index is 12.3. The van der Waals surface area contributed by atoms with Gasteiger partial charge in [-0.25, -0.2) is 0 Å². The normalized spacial score (nSPS) is 21.7. The lowest BCUT2D eigenvalue weighted by atomic mass is 10.1. The van der Waals surface area contributed by atoms with Crippen molar-refractivity contribution >= 4 is 11.6 Å². The van der Waals surface area contributed by atoms with Crippen LogP contribution in [0.1, 0.15) is 24.9 Å². The molecule has 0 bridgehead atoms. The Morgan fingerprint density at radius 3 is 2.76 bits per heavy atom. The Balaban J connectivity index is 1.78. The van der Waals surface area contributed by atoms with Crippen LogP contribution >= 0.6 is 11.6 Å². The van der Waals surface area contributed by atoms with Crippen molar-refractivity contribution in [3.8, 4) is 0 Å². The summed E-state index contributed by atoms with van der Waals surface area (Å²) in [5.74, 6) is 0.261. The predicted molar refractivity (Wildman–Crippen MR) is 78.5 cm³/mol. The van der Waals surface area contributed by atoms with E-state index >= 15 is 0 Å². The zero-order valence-electron chi connectivity index (χ0n) is 12.0. The third-order valence-electron chi connectivity index (χ3n) is 3.86. The van der Waals surface area contributed by atoms with Crippen molar-refractivity contribution in [2.24, 2.45) is 5.92 Å². The number of nitrogens with zero attached hydrogens (tertiary/aromatic N) is 1. The first-order valence-electron chi connectivity index (χ1n) is 7.12. The Morgan fingerprint density at radius 2 is 2.10 bits per heavy atom. The highest BCUT2D eigenvalue weighted by Gasteiger charge is 2.34. The Kier molecular flexibility index (Phi) is 5.52. The van der Waals surface area contributed by atoms with Crippen LogP contribution in [0.25, 0.3) is 0 Å². The number of rotatable bonds is 5. The molecular weight excluding hydrogens is 301 g/mol. The summed E-state index contributed by atoms with van der Waals surface area (Å²) in [7, 11) is 0. The van der Waals surface area contributed by atoms with Gasteiger partial charge in [0.2, 0.25) is 0 Å². The van der Waals surface area contributed by atoms with E-state index in [2.05, 4.69) is 5.32 Å². The van der Waals surface area contributed by atoms with Crippen LogP contribution < -0.4 is 5.32 Å². The molecule has 2 atom stereocenters. The van der Waals surface area contributed by atoms with E-state index in [4.69, 9.17) is 11.6 Å². The maximum atomic E-state index is 12.3. The van der Waals surface area contributed by atoms with Gasteiger partial charge in [0.05, 0.1) is 6.54 Å². The SMILES string of the molecule is CC(NCC1CCN(CC(F)(F)F)C1)c1ccccc1Cl. The van der Waals surface area contributed by atoms with Crippen molar-refractivity contribution in [2.75, 3.05) is 26.2 Å². The van der Waals surface area contributed by atoms with Gasteiger partial charge in [0.15, 0.2) is 0 Å². The predicted octanol–water partition coefficient (Wildman–Crippen LogP) is 3.87. The van der Waals surface area contributed by atoms with E-state index in [0.717, 1.165) is 12.0 Å². The summed E-state index contributed by atoms with van der Waals surface area (Å²) >= 11 is 6.14. The molecule has 0 aliphatic carbocycles. The van der Waals surface area contributed by atoms with E-state index in [0.29, 0.717) is 24.7 Å². The van der Waals surface area contributed by atoms with E-state index in [1.165, 1.54) is 4.90 Å². The van der Waals surface area contributed by atoms with E-state index in [1.807, 2.05) is 31.2 Å². The first-order chi connectivity index (χ1) is 9.85. The highest BCUT2D eigenvalue weighted by molar-refractivity contribution is 6.31. The minimum atomic E-state index is -4.10. The van der Waals surface area contributed by atoms with Gasteiger partial charge >= 0.3 is 6.18 Å². The van der Waals surface area contributed by atoms with Gasteiger partial charge in [-0.3, -0.25) is 4.90 Å². The molecule has 0 radical (unpaired) electrons. The number of hydrogen-bond acceptors (Lipinski definition) is 2.